The molecule has 1 atom stereocenters. The van der Waals surface area contributed by atoms with Crippen molar-refractivity contribution in [3.8, 4) is 5.75 Å². The number of aromatic hydroxyl groups is 1. The summed E-state index contributed by atoms with van der Waals surface area (Å²) in [6.07, 6.45) is 5.44. The van der Waals surface area contributed by atoms with Gasteiger partial charge in [0.2, 0.25) is 17.8 Å². The summed E-state index contributed by atoms with van der Waals surface area (Å²) in [5.41, 5.74) is 1.68. The van der Waals surface area contributed by atoms with Crippen molar-refractivity contribution in [2.24, 2.45) is 0 Å². The van der Waals surface area contributed by atoms with Crippen LogP contribution in [0.15, 0.2) is 60.8 Å². The molecule has 4 aromatic rings. The van der Waals surface area contributed by atoms with Gasteiger partial charge >= 0.3 is 5.92 Å². The molecule has 1 unspecified atom stereocenters. The molecule has 20 heteroatoms. The minimum atomic E-state index is -3.67. The topological polar surface area (TPSA) is 207 Å². The molecule has 1 aromatic heterocycles. The average molecular weight is 896 g/mol. The predicted molar refractivity (Wildman–Crippen MR) is 229 cm³/mol. The summed E-state index contributed by atoms with van der Waals surface area (Å²) in [5, 5.41) is 18.4. The lowest BCUT2D eigenvalue weighted by molar-refractivity contribution is -0.140. The van der Waals surface area contributed by atoms with E-state index in [2.05, 4.69) is 25.9 Å². The highest BCUT2D eigenvalue weighted by atomic mass is 19.3. The van der Waals surface area contributed by atoms with Gasteiger partial charge in [-0.15, -0.1) is 0 Å². The molecule has 1 aliphatic carbocycles. The fourth-order valence-corrected chi connectivity index (χ4v) is 9.18. The molecule has 338 valence electrons. The molecule has 0 bridgehead atoms. The number of fused-ring (bicyclic) bond motifs is 2. The van der Waals surface area contributed by atoms with E-state index < -0.39 is 71.1 Å². The molecule has 2 saturated heterocycles. The largest absolute Gasteiger partial charge is 0.506 e. The van der Waals surface area contributed by atoms with E-state index >= 15 is 4.39 Å². The van der Waals surface area contributed by atoms with Crippen molar-refractivity contribution in [3.05, 3.63) is 88.9 Å². The highest BCUT2D eigenvalue weighted by Gasteiger charge is 2.49. The van der Waals surface area contributed by atoms with Gasteiger partial charge in [-0.25, -0.2) is 9.37 Å². The molecule has 3 fully saturated rings. The molecule has 0 spiro atoms. The van der Waals surface area contributed by atoms with E-state index in [1.807, 2.05) is 4.90 Å². The highest BCUT2D eigenvalue weighted by Crippen LogP contribution is 2.41. The van der Waals surface area contributed by atoms with E-state index in [9.17, 15) is 42.7 Å². The van der Waals surface area contributed by atoms with E-state index in [1.54, 1.807) is 42.5 Å². The van der Waals surface area contributed by atoms with Gasteiger partial charge in [-0.05, 0) is 68.0 Å². The maximum atomic E-state index is 15.5. The van der Waals surface area contributed by atoms with Gasteiger partial charge < -0.3 is 35.2 Å². The number of carbonyl (C=O) groups is 6. The highest BCUT2D eigenvalue weighted by molar-refractivity contribution is 6.25. The SMILES string of the molecule is CN1C(=O)C(F)(F)CN(C2CCCC2)c2nc(Nc3cc(F)c(C(=O)Nc4ccc(COC5CCN(c6cccc7c6C(=O)N(C6CCC(=O)NC6=O)C7=O)CC5)cc4)cc3O)ncc21. The maximum Gasteiger partial charge on any atom is 0.342 e. The van der Waals surface area contributed by atoms with E-state index in [1.165, 1.54) is 18.1 Å². The fraction of sp³-hybridized carbons (Fsp3) is 0.378. The summed E-state index contributed by atoms with van der Waals surface area (Å²) < 4.78 is 51.6. The van der Waals surface area contributed by atoms with Gasteiger partial charge in [0.05, 0.1) is 53.5 Å². The Labute approximate surface area is 369 Å². The number of benzene rings is 3. The first-order chi connectivity index (χ1) is 31.2. The lowest BCUT2D eigenvalue weighted by Crippen LogP contribution is -2.54. The number of ether oxygens (including phenoxy) is 1. The summed E-state index contributed by atoms with van der Waals surface area (Å²) >= 11 is 0. The molecule has 17 nitrogen and oxygen atoms in total. The first kappa shape index (κ1) is 43.2. The number of piperidine rings is 2. The van der Waals surface area contributed by atoms with E-state index in [0.717, 1.165) is 40.3 Å². The number of hydrogen-bond acceptors (Lipinski definition) is 13. The van der Waals surface area contributed by atoms with Crippen LogP contribution in [0.3, 0.4) is 0 Å². The maximum absolute atomic E-state index is 15.5. The van der Waals surface area contributed by atoms with Crippen LogP contribution >= 0.6 is 0 Å². The Morgan fingerprint density at radius 2 is 1.69 bits per heavy atom. The number of alkyl halides is 2. The van der Waals surface area contributed by atoms with Crippen molar-refractivity contribution in [3.63, 3.8) is 0 Å². The molecule has 6 amide bonds. The van der Waals surface area contributed by atoms with Crippen molar-refractivity contribution in [1.29, 1.82) is 0 Å². The molecule has 0 radical (unpaired) electrons. The number of aromatic nitrogens is 2. The van der Waals surface area contributed by atoms with Gasteiger partial charge in [-0.3, -0.25) is 39.0 Å². The standard InChI is InChI=1S/C45H44F3N9O8/c1-54-34-21-49-44(53-38(34)56(26-5-2-3-6-26)23-45(47,48)43(54)64)51-31-20-30(46)29(19-35(31)58)39(60)50-25-11-9-24(10-12-25)22-65-27-15-17-55(18-16-27)32-8-4-7-28-37(32)42(63)57(41(28)62)33-13-14-36(59)52-40(33)61/h4,7-12,19-21,26-27,33,58H,2-3,5-6,13-18,22-23H2,1H3,(H,50,60)(H,49,51,53)(H,52,59,61). The van der Waals surface area contributed by atoms with Crippen LogP contribution in [0.5, 0.6) is 5.75 Å². The van der Waals surface area contributed by atoms with E-state index in [-0.39, 0.29) is 65.9 Å². The average Bonchev–Trinajstić information content (AvgIpc) is 3.91. The number of imide groups is 2. The number of carbonyl (C=O) groups excluding carboxylic acids is 6. The van der Waals surface area contributed by atoms with Crippen LogP contribution in [0.4, 0.5) is 47.7 Å². The number of rotatable bonds is 10. The zero-order valence-electron chi connectivity index (χ0n) is 35.1. The van der Waals surface area contributed by atoms with Gasteiger partial charge in [0.1, 0.15) is 23.3 Å². The first-order valence-corrected chi connectivity index (χ1v) is 21.4. The van der Waals surface area contributed by atoms with Crippen LogP contribution in [0.25, 0.3) is 0 Å². The third-order valence-electron chi connectivity index (χ3n) is 12.6. The Morgan fingerprint density at radius 1 is 0.954 bits per heavy atom. The van der Waals surface area contributed by atoms with Crippen molar-refractivity contribution < 1.29 is 51.8 Å². The lowest BCUT2D eigenvalue weighted by Gasteiger charge is -2.34. The molecule has 9 rings (SSSR count). The van der Waals surface area contributed by atoms with E-state index in [4.69, 9.17) is 4.74 Å². The quantitative estimate of drug-likeness (QED) is 0.119. The zero-order valence-corrected chi connectivity index (χ0v) is 35.1. The molecule has 4 aliphatic heterocycles. The molecule has 65 heavy (non-hydrogen) atoms. The molecule has 5 heterocycles. The summed E-state index contributed by atoms with van der Waals surface area (Å²) in [6, 6.07) is 12.3. The minimum Gasteiger partial charge on any atom is -0.506 e. The van der Waals surface area contributed by atoms with Crippen LogP contribution in [0, 0.1) is 5.82 Å². The Kier molecular flexibility index (Phi) is 11.4. The zero-order chi connectivity index (χ0) is 45.7. The van der Waals surface area contributed by atoms with E-state index in [0.29, 0.717) is 50.1 Å². The molecule has 1 saturated carbocycles. The van der Waals surface area contributed by atoms with Crippen LogP contribution < -0.4 is 30.7 Å². The third kappa shape index (κ3) is 8.29. The molecule has 3 aromatic carbocycles. The molecular formula is C45H44F3N9O8. The third-order valence-corrected chi connectivity index (χ3v) is 12.6. The minimum absolute atomic E-state index is 0.0343. The predicted octanol–water partition coefficient (Wildman–Crippen LogP) is 5.26. The Morgan fingerprint density at radius 3 is 2.42 bits per heavy atom. The van der Waals surface area contributed by atoms with Crippen molar-refractivity contribution in [2.75, 3.05) is 52.0 Å². The smallest absolute Gasteiger partial charge is 0.342 e. The second-order valence-corrected chi connectivity index (χ2v) is 16.8. The number of nitrogens with zero attached hydrogens (tertiary/aromatic N) is 6. The first-order valence-electron chi connectivity index (χ1n) is 21.4. The number of phenolic OH excluding ortho intramolecular Hbond substituents is 1. The number of amides is 6. The summed E-state index contributed by atoms with van der Waals surface area (Å²) in [7, 11) is 1.23. The monoisotopic (exact) mass is 895 g/mol. The number of anilines is 6. The molecule has 4 N–H and O–H groups in total. The number of halogens is 3. The Balaban J connectivity index is 0.790. The van der Waals surface area contributed by atoms with Gasteiger partial charge in [0.25, 0.3) is 23.6 Å². The number of hydrogen-bond donors (Lipinski definition) is 4. The van der Waals surface area contributed by atoms with Gasteiger partial charge in [-0.1, -0.05) is 31.0 Å². The molecule has 5 aliphatic rings. The Hall–Kier alpha value is -7.09. The summed E-state index contributed by atoms with van der Waals surface area (Å²) in [6.45, 7) is 0.484. The van der Waals surface area contributed by atoms with Crippen LogP contribution in [-0.4, -0.2) is 106 Å². The fourth-order valence-electron chi connectivity index (χ4n) is 9.18. The van der Waals surface area contributed by atoms with Gasteiger partial charge in [0.15, 0.2) is 5.82 Å². The van der Waals surface area contributed by atoms with Crippen molar-refractivity contribution in [1.82, 2.24) is 20.2 Å². The van der Waals surface area contributed by atoms with Crippen LogP contribution in [-0.2, 0) is 25.7 Å². The normalized spacial score (nSPS) is 20.2. The van der Waals surface area contributed by atoms with Crippen molar-refractivity contribution >= 4 is 70.0 Å². The van der Waals surface area contributed by atoms with Gasteiger partial charge in [0, 0.05) is 44.4 Å². The second kappa shape index (κ2) is 17.1. The lowest BCUT2D eigenvalue weighted by atomic mass is 10.0. The van der Waals surface area contributed by atoms with Crippen LogP contribution in [0.2, 0.25) is 0 Å². The Bertz CT molecular complexity index is 2620. The van der Waals surface area contributed by atoms with Crippen LogP contribution in [0.1, 0.15) is 88.0 Å². The second-order valence-electron chi connectivity index (χ2n) is 16.8. The number of phenols is 1. The summed E-state index contributed by atoms with van der Waals surface area (Å²) in [4.78, 5) is 90.7. The molecular weight excluding hydrogens is 852 g/mol. The summed E-state index contributed by atoms with van der Waals surface area (Å²) in [5.74, 6) is -9.63. The van der Waals surface area contributed by atoms with Gasteiger partial charge in [-0.2, -0.15) is 13.8 Å². The van der Waals surface area contributed by atoms with Crippen molar-refractivity contribution in [2.45, 2.75) is 82.1 Å². The number of nitrogens with one attached hydrogen (secondary N) is 3.